The molecular formula is C32H54N6O. The van der Waals surface area contributed by atoms with Gasteiger partial charge in [-0.25, -0.2) is 9.97 Å². The van der Waals surface area contributed by atoms with Crippen LogP contribution in [0.25, 0.3) is 0 Å². The summed E-state index contributed by atoms with van der Waals surface area (Å²) in [7, 11) is 0. The maximum Gasteiger partial charge on any atom is 0.157 e. The van der Waals surface area contributed by atoms with Crippen molar-refractivity contribution in [2.24, 2.45) is 11.8 Å². The quantitative estimate of drug-likeness (QED) is 0.344. The highest BCUT2D eigenvalue weighted by molar-refractivity contribution is 5.67. The number of hydrogen-bond donors (Lipinski definition) is 3. The van der Waals surface area contributed by atoms with E-state index in [4.69, 9.17) is 10.5 Å². The average Bonchev–Trinajstić information content (AvgIpc) is 2.88. The van der Waals surface area contributed by atoms with Crippen LogP contribution in [0, 0.1) is 18.8 Å². The molecular weight excluding hydrogens is 484 g/mol. The molecule has 218 valence electrons. The lowest BCUT2D eigenvalue weighted by Gasteiger charge is -2.30. The average molecular weight is 539 g/mol. The van der Waals surface area contributed by atoms with Crippen molar-refractivity contribution < 1.29 is 4.74 Å². The molecule has 6 N–H and O–H groups in total. The van der Waals surface area contributed by atoms with Crippen LogP contribution in [0.2, 0.25) is 0 Å². The van der Waals surface area contributed by atoms with Crippen molar-refractivity contribution in [3.63, 3.8) is 0 Å². The number of nitrogens with two attached hydrogens (primary N) is 1. The lowest BCUT2D eigenvalue weighted by atomic mass is 9.87. The third kappa shape index (κ3) is 12.3. The predicted octanol–water partition coefficient (Wildman–Crippen LogP) is 7.81. The highest BCUT2D eigenvalue weighted by atomic mass is 16.5. The molecule has 0 spiro atoms. The molecule has 1 aromatic carbocycles. The summed E-state index contributed by atoms with van der Waals surface area (Å²) in [4.78, 5) is 10.8. The number of allylic oxidation sites excluding steroid dienone is 2. The number of benzene rings is 1. The Hall–Kier alpha value is -2.74. The molecule has 1 aromatic heterocycles. The van der Waals surface area contributed by atoms with Crippen molar-refractivity contribution in [1.82, 2.24) is 21.0 Å². The standard InChI is InChI=1S/C15H20N4.C15H25NO.C2H6.H3N/c1-10-17-9-13(16)14(18-10)19-12-7-5-11(6-8-12)15(2,3)4;1-13-5-3-7-15(9-13)11-17-12-16-8-4-6-14(2)10-16;1-2;/h5-9H,16H2,1-4H3,(H,17,18,19);3,7,9,13-14H,4-6,8,10-12H2,1-2H3;1-2H3;1H3/t;13-,14?;;/m.0../s1. The van der Waals surface area contributed by atoms with E-state index in [2.05, 4.69) is 85.2 Å². The molecule has 1 aliphatic heterocycles. The smallest absolute Gasteiger partial charge is 0.157 e. The van der Waals surface area contributed by atoms with Gasteiger partial charge in [0.2, 0.25) is 0 Å². The lowest BCUT2D eigenvalue weighted by Crippen LogP contribution is -2.36. The van der Waals surface area contributed by atoms with Crippen LogP contribution in [0.1, 0.15) is 79.1 Å². The van der Waals surface area contributed by atoms with Gasteiger partial charge in [-0.05, 0) is 66.7 Å². The molecule has 0 amide bonds. The van der Waals surface area contributed by atoms with E-state index in [-0.39, 0.29) is 11.6 Å². The molecule has 4 rings (SSSR count). The van der Waals surface area contributed by atoms with Crippen molar-refractivity contribution in [2.45, 2.75) is 80.1 Å². The minimum atomic E-state index is 0. The fourth-order valence-corrected chi connectivity index (χ4v) is 4.49. The van der Waals surface area contributed by atoms with Gasteiger partial charge in [0.25, 0.3) is 0 Å². The number of aryl methyl sites for hydroxylation is 1. The first-order valence-corrected chi connectivity index (χ1v) is 14.2. The molecule has 7 nitrogen and oxygen atoms in total. The topological polar surface area (TPSA) is 111 Å². The summed E-state index contributed by atoms with van der Waals surface area (Å²) >= 11 is 0. The highest BCUT2D eigenvalue weighted by Crippen LogP contribution is 2.26. The normalized spacial score (nSPS) is 18.9. The van der Waals surface area contributed by atoms with Crippen LogP contribution in [-0.4, -0.2) is 41.3 Å². The van der Waals surface area contributed by atoms with Crippen LogP contribution in [-0.2, 0) is 10.2 Å². The molecule has 2 atom stereocenters. The second-order valence-electron chi connectivity index (χ2n) is 11.3. The van der Waals surface area contributed by atoms with Crippen LogP contribution >= 0.6 is 0 Å². The predicted molar refractivity (Wildman–Crippen MR) is 168 cm³/mol. The highest BCUT2D eigenvalue weighted by Gasteiger charge is 2.16. The number of nitrogens with zero attached hydrogens (tertiary/aromatic N) is 3. The fourth-order valence-electron chi connectivity index (χ4n) is 4.49. The number of likely N-dealkylation sites (tertiary alicyclic amines) is 1. The molecule has 0 bridgehead atoms. The number of hydrogen-bond acceptors (Lipinski definition) is 7. The molecule has 7 heteroatoms. The van der Waals surface area contributed by atoms with E-state index < -0.39 is 0 Å². The SMILES string of the molecule is CC.CC1CCCN(COCC2=C[C@@H](C)CC=C2)C1.Cc1ncc(N)c(Nc2ccc(C(C)(C)C)cc2)n1.N. The molecule has 1 saturated heterocycles. The van der Waals surface area contributed by atoms with E-state index >= 15 is 0 Å². The number of nitrogen functional groups attached to an aromatic ring is 1. The summed E-state index contributed by atoms with van der Waals surface area (Å²) in [5.74, 6) is 2.86. The molecule has 2 aromatic rings. The summed E-state index contributed by atoms with van der Waals surface area (Å²) in [6.07, 6.45) is 12.3. The van der Waals surface area contributed by atoms with Gasteiger partial charge in [-0.3, -0.25) is 4.90 Å². The minimum absolute atomic E-state index is 0. The number of ether oxygens (including phenoxy) is 1. The van der Waals surface area contributed by atoms with E-state index in [1.165, 1.54) is 43.5 Å². The Bertz CT molecular complexity index is 1030. The van der Waals surface area contributed by atoms with Gasteiger partial charge in [-0.15, -0.1) is 0 Å². The number of aromatic nitrogens is 2. The molecule has 0 radical (unpaired) electrons. The zero-order chi connectivity index (χ0) is 28.1. The molecule has 1 fully saturated rings. The van der Waals surface area contributed by atoms with Gasteiger partial charge in [0.1, 0.15) is 5.82 Å². The van der Waals surface area contributed by atoms with Crippen molar-refractivity contribution >= 4 is 17.2 Å². The first-order chi connectivity index (χ1) is 18.1. The number of rotatable bonds is 6. The molecule has 2 heterocycles. The van der Waals surface area contributed by atoms with Gasteiger partial charge in [-0.2, -0.15) is 0 Å². The van der Waals surface area contributed by atoms with Crippen LogP contribution in [0.4, 0.5) is 17.2 Å². The largest absolute Gasteiger partial charge is 0.394 e. The fraction of sp³-hybridized carbons (Fsp3) is 0.562. The third-order valence-electron chi connectivity index (χ3n) is 6.57. The Morgan fingerprint density at radius 3 is 2.44 bits per heavy atom. The Balaban J connectivity index is 0.000000360. The first kappa shape index (κ1) is 34.3. The van der Waals surface area contributed by atoms with Gasteiger partial charge < -0.3 is 21.9 Å². The van der Waals surface area contributed by atoms with Gasteiger partial charge in [0.15, 0.2) is 5.82 Å². The van der Waals surface area contributed by atoms with Crippen LogP contribution in [0.15, 0.2) is 54.3 Å². The van der Waals surface area contributed by atoms with Gasteiger partial charge in [0.05, 0.1) is 25.2 Å². The van der Waals surface area contributed by atoms with E-state index in [0.717, 1.165) is 24.9 Å². The van der Waals surface area contributed by atoms with Crippen LogP contribution < -0.4 is 17.2 Å². The molecule has 1 aliphatic carbocycles. The second-order valence-corrected chi connectivity index (χ2v) is 11.3. The zero-order valence-corrected chi connectivity index (χ0v) is 25.8. The van der Waals surface area contributed by atoms with E-state index in [9.17, 15) is 0 Å². The Kier molecular flexibility index (Phi) is 15.0. The van der Waals surface area contributed by atoms with E-state index in [1.807, 2.05) is 32.9 Å². The monoisotopic (exact) mass is 538 g/mol. The Labute approximate surface area is 237 Å². The van der Waals surface area contributed by atoms with Gasteiger partial charge >= 0.3 is 0 Å². The second kappa shape index (κ2) is 17.1. The summed E-state index contributed by atoms with van der Waals surface area (Å²) in [6.45, 7) is 21.0. The Morgan fingerprint density at radius 2 is 1.82 bits per heavy atom. The minimum Gasteiger partial charge on any atom is -0.394 e. The Morgan fingerprint density at radius 1 is 1.13 bits per heavy atom. The van der Waals surface area contributed by atoms with Crippen LogP contribution in [0.3, 0.4) is 0 Å². The number of piperidine rings is 1. The van der Waals surface area contributed by atoms with Crippen molar-refractivity contribution in [3.8, 4) is 0 Å². The maximum absolute atomic E-state index is 5.85. The van der Waals surface area contributed by atoms with E-state index in [0.29, 0.717) is 23.2 Å². The molecule has 2 aliphatic rings. The van der Waals surface area contributed by atoms with Crippen molar-refractivity contribution in [2.75, 3.05) is 37.5 Å². The van der Waals surface area contributed by atoms with Gasteiger partial charge in [-0.1, -0.05) is 78.8 Å². The molecule has 0 saturated carbocycles. The summed E-state index contributed by atoms with van der Waals surface area (Å²) in [5.41, 5.74) is 10.2. The molecule has 39 heavy (non-hydrogen) atoms. The van der Waals surface area contributed by atoms with Gasteiger partial charge in [0, 0.05) is 18.8 Å². The van der Waals surface area contributed by atoms with Crippen molar-refractivity contribution in [1.29, 1.82) is 0 Å². The van der Waals surface area contributed by atoms with Crippen LogP contribution in [0.5, 0.6) is 0 Å². The number of anilines is 3. The maximum atomic E-state index is 5.85. The zero-order valence-electron chi connectivity index (χ0n) is 25.8. The lowest BCUT2D eigenvalue weighted by molar-refractivity contribution is 0.0190. The summed E-state index contributed by atoms with van der Waals surface area (Å²) in [6, 6.07) is 8.31. The summed E-state index contributed by atoms with van der Waals surface area (Å²) in [5, 5.41) is 3.22. The van der Waals surface area contributed by atoms with Crippen molar-refractivity contribution in [3.05, 3.63) is 65.7 Å². The summed E-state index contributed by atoms with van der Waals surface area (Å²) < 4.78 is 5.82. The van der Waals surface area contributed by atoms with E-state index in [1.54, 1.807) is 6.20 Å². The first-order valence-electron chi connectivity index (χ1n) is 14.2. The molecule has 1 unspecified atom stereocenters. The third-order valence-corrected chi connectivity index (χ3v) is 6.57. The number of nitrogens with one attached hydrogen (secondary N) is 1.